The fourth-order valence-corrected chi connectivity index (χ4v) is 2.65. The minimum absolute atomic E-state index is 0.454. The first-order chi connectivity index (χ1) is 7.63. The third kappa shape index (κ3) is 5.24. The maximum absolute atomic E-state index is 11.4. The zero-order valence-electron chi connectivity index (χ0n) is 10.9. The summed E-state index contributed by atoms with van der Waals surface area (Å²) in [5.74, 6) is 1.63. The molecule has 0 aliphatic heterocycles. The van der Waals surface area contributed by atoms with Crippen molar-refractivity contribution in [2.75, 3.05) is 11.5 Å². The van der Waals surface area contributed by atoms with E-state index >= 15 is 0 Å². The van der Waals surface area contributed by atoms with Crippen molar-refractivity contribution in [2.24, 2.45) is 5.41 Å². The zero-order valence-corrected chi connectivity index (χ0v) is 11.7. The van der Waals surface area contributed by atoms with Crippen LogP contribution in [-0.2, 0) is 4.79 Å². The van der Waals surface area contributed by atoms with Crippen molar-refractivity contribution < 1.29 is 9.90 Å². The average Bonchev–Trinajstić information content (AvgIpc) is 2.28. The quantitative estimate of drug-likeness (QED) is 0.587. The molecule has 0 saturated heterocycles. The van der Waals surface area contributed by atoms with E-state index in [0.29, 0.717) is 0 Å². The highest BCUT2D eigenvalue weighted by atomic mass is 32.2. The Morgan fingerprint density at radius 1 is 1.19 bits per heavy atom. The van der Waals surface area contributed by atoms with Gasteiger partial charge >= 0.3 is 5.97 Å². The van der Waals surface area contributed by atoms with Gasteiger partial charge in [0.15, 0.2) is 0 Å². The average molecular weight is 246 g/mol. The van der Waals surface area contributed by atoms with E-state index < -0.39 is 11.4 Å². The number of aliphatic carboxylic acids is 1. The largest absolute Gasteiger partial charge is 0.481 e. The molecule has 16 heavy (non-hydrogen) atoms. The molecule has 3 heteroatoms. The fourth-order valence-electron chi connectivity index (χ4n) is 2.02. The molecule has 1 N–H and O–H groups in total. The molecule has 2 nitrogen and oxygen atoms in total. The van der Waals surface area contributed by atoms with Gasteiger partial charge in [0.2, 0.25) is 0 Å². The van der Waals surface area contributed by atoms with Crippen molar-refractivity contribution in [3.05, 3.63) is 0 Å². The topological polar surface area (TPSA) is 37.3 Å². The molecule has 0 spiro atoms. The van der Waals surface area contributed by atoms with Gasteiger partial charge in [-0.1, -0.05) is 33.6 Å². The third-order valence-corrected chi connectivity index (χ3v) is 4.27. The molecule has 0 aliphatic carbocycles. The summed E-state index contributed by atoms with van der Waals surface area (Å²) in [6.45, 7) is 6.28. The Labute approximate surface area is 104 Å². The Kier molecular flexibility index (Phi) is 8.81. The summed E-state index contributed by atoms with van der Waals surface area (Å²) in [5.41, 5.74) is -0.454. The molecular formula is C13H26O2S. The summed E-state index contributed by atoms with van der Waals surface area (Å²) in [4.78, 5) is 11.4. The lowest BCUT2D eigenvalue weighted by molar-refractivity contribution is -0.150. The molecule has 0 saturated carbocycles. The zero-order chi connectivity index (χ0) is 12.4. The van der Waals surface area contributed by atoms with Crippen molar-refractivity contribution in [2.45, 2.75) is 59.3 Å². The first-order valence-electron chi connectivity index (χ1n) is 6.44. The Balaban J connectivity index is 4.22. The number of carboxylic acid groups (broad SMARTS) is 1. The minimum atomic E-state index is -0.593. The molecule has 1 unspecified atom stereocenters. The maximum Gasteiger partial charge on any atom is 0.309 e. The van der Waals surface area contributed by atoms with Crippen molar-refractivity contribution in [1.82, 2.24) is 0 Å². The van der Waals surface area contributed by atoms with Crippen LogP contribution in [0.25, 0.3) is 0 Å². The predicted octanol–water partition coefficient (Wildman–Crippen LogP) is 4.19. The molecule has 96 valence electrons. The molecule has 1 atom stereocenters. The summed E-state index contributed by atoms with van der Waals surface area (Å²) in [5, 5.41) is 9.40. The van der Waals surface area contributed by atoms with Gasteiger partial charge in [0.1, 0.15) is 0 Å². The normalized spacial score (nSPS) is 14.7. The van der Waals surface area contributed by atoms with Crippen LogP contribution in [0.2, 0.25) is 0 Å². The van der Waals surface area contributed by atoms with Crippen molar-refractivity contribution in [1.29, 1.82) is 0 Å². The predicted molar refractivity (Wildman–Crippen MR) is 72.1 cm³/mol. The van der Waals surface area contributed by atoms with E-state index in [2.05, 4.69) is 13.8 Å². The van der Waals surface area contributed by atoms with Gasteiger partial charge in [0.05, 0.1) is 5.41 Å². The summed E-state index contributed by atoms with van der Waals surface area (Å²) < 4.78 is 0. The van der Waals surface area contributed by atoms with Gasteiger partial charge in [-0.15, -0.1) is 0 Å². The van der Waals surface area contributed by atoms with Crippen LogP contribution in [0.15, 0.2) is 0 Å². The van der Waals surface area contributed by atoms with Crippen LogP contribution in [0.4, 0.5) is 0 Å². The molecule has 0 amide bonds. The number of carboxylic acids is 1. The van der Waals surface area contributed by atoms with Gasteiger partial charge in [-0.2, -0.15) is 11.8 Å². The lowest BCUT2D eigenvalue weighted by Crippen LogP contribution is -2.30. The standard InChI is InChI=1S/C13H26O2S/c1-4-7-9-13(5-2,12(14)15)10-8-11-16-6-3/h4-11H2,1-3H3,(H,14,15). The Morgan fingerprint density at radius 2 is 1.81 bits per heavy atom. The number of hydrogen-bond donors (Lipinski definition) is 1. The van der Waals surface area contributed by atoms with Crippen LogP contribution >= 0.6 is 11.8 Å². The molecule has 0 bridgehead atoms. The number of unbranched alkanes of at least 4 members (excludes halogenated alkanes) is 1. The second-order valence-electron chi connectivity index (χ2n) is 4.34. The Hall–Kier alpha value is -0.180. The van der Waals surface area contributed by atoms with E-state index in [0.717, 1.165) is 50.0 Å². The molecular weight excluding hydrogens is 220 g/mol. The maximum atomic E-state index is 11.4. The molecule has 0 radical (unpaired) electrons. The van der Waals surface area contributed by atoms with Crippen molar-refractivity contribution in [3.8, 4) is 0 Å². The highest BCUT2D eigenvalue weighted by Crippen LogP contribution is 2.34. The number of thioether (sulfide) groups is 1. The molecule has 0 fully saturated rings. The fraction of sp³-hybridized carbons (Fsp3) is 0.923. The van der Waals surface area contributed by atoms with E-state index in [-0.39, 0.29) is 0 Å². The lowest BCUT2D eigenvalue weighted by Gasteiger charge is -2.28. The van der Waals surface area contributed by atoms with Crippen LogP contribution < -0.4 is 0 Å². The Morgan fingerprint density at radius 3 is 2.25 bits per heavy atom. The van der Waals surface area contributed by atoms with Gasteiger partial charge in [-0.3, -0.25) is 4.79 Å². The molecule has 0 rings (SSSR count). The minimum Gasteiger partial charge on any atom is -0.481 e. The van der Waals surface area contributed by atoms with Gasteiger partial charge in [-0.25, -0.2) is 0 Å². The highest BCUT2D eigenvalue weighted by Gasteiger charge is 2.35. The van der Waals surface area contributed by atoms with Crippen LogP contribution in [0.5, 0.6) is 0 Å². The molecule has 0 aromatic heterocycles. The summed E-state index contributed by atoms with van der Waals surface area (Å²) in [7, 11) is 0. The van der Waals surface area contributed by atoms with Gasteiger partial charge in [0, 0.05) is 0 Å². The molecule has 0 aromatic rings. The molecule has 0 heterocycles. The number of rotatable bonds is 10. The van der Waals surface area contributed by atoms with E-state index in [4.69, 9.17) is 0 Å². The number of hydrogen-bond acceptors (Lipinski definition) is 2. The van der Waals surface area contributed by atoms with E-state index in [9.17, 15) is 9.90 Å². The van der Waals surface area contributed by atoms with E-state index in [1.165, 1.54) is 0 Å². The smallest absolute Gasteiger partial charge is 0.309 e. The first-order valence-corrected chi connectivity index (χ1v) is 7.59. The monoisotopic (exact) mass is 246 g/mol. The third-order valence-electron chi connectivity index (χ3n) is 3.29. The van der Waals surface area contributed by atoms with Crippen LogP contribution in [0, 0.1) is 5.41 Å². The highest BCUT2D eigenvalue weighted by molar-refractivity contribution is 7.99. The van der Waals surface area contributed by atoms with Crippen molar-refractivity contribution in [3.63, 3.8) is 0 Å². The first kappa shape index (κ1) is 15.8. The van der Waals surface area contributed by atoms with Gasteiger partial charge in [-0.05, 0) is 37.2 Å². The summed E-state index contributed by atoms with van der Waals surface area (Å²) in [6.07, 6.45) is 5.58. The van der Waals surface area contributed by atoms with Crippen molar-refractivity contribution >= 4 is 17.7 Å². The Bertz CT molecular complexity index is 194. The summed E-state index contributed by atoms with van der Waals surface area (Å²) >= 11 is 1.90. The van der Waals surface area contributed by atoms with E-state index in [1.807, 2.05) is 18.7 Å². The van der Waals surface area contributed by atoms with Gasteiger partial charge < -0.3 is 5.11 Å². The lowest BCUT2D eigenvalue weighted by atomic mass is 9.76. The van der Waals surface area contributed by atoms with Gasteiger partial charge in [0.25, 0.3) is 0 Å². The molecule has 0 aromatic carbocycles. The van der Waals surface area contributed by atoms with Crippen LogP contribution in [0.3, 0.4) is 0 Å². The molecule has 0 aliphatic rings. The van der Waals surface area contributed by atoms with Crippen LogP contribution in [-0.4, -0.2) is 22.6 Å². The summed E-state index contributed by atoms with van der Waals surface area (Å²) in [6, 6.07) is 0. The van der Waals surface area contributed by atoms with E-state index in [1.54, 1.807) is 0 Å². The SMILES string of the molecule is CCCCC(CC)(CCCSCC)C(=O)O. The van der Waals surface area contributed by atoms with Crippen LogP contribution in [0.1, 0.15) is 59.3 Å². The second kappa shape index (κ2) is 8.91. The number of carbonyl (C=O) groups is 1. The second-order valence-corrected chi connectivity index (χ2v) is 5.74.